The van der Waals surface area contributed by atoms with E-state index >= 15 is 0 Å². The van der Waals surface area contributed by atoms with E-state index in [1.165, 1.54) is 11.3 Å². The largest absolute Gasteiger partial charge is 0.481 e. The molecule has 0 radical (unpaired) electrons. The Morgan fingerprint density at radius 2 is 1.89 bits per heavy atom. The molecule has 27 heavy (non-hydrogen) atoms. The summed E-state index contributed by atoms with van der Waals surface area (Å²) in [5, 5.41) is 12.8. The number of amides is 1. The third-order valence-electron chi connectivity index (χ3n) is 5.14. The highest BCUT2D eigenvalue weighted by Crippen LogP contribution is 2.39. The van der Waals surface area contributed by atoms with Crippen LogP contribution in [0.25, 0.3) is 0 Å². The molecule has 0 saturated carbocycles. The zero-order valence-electron chi connectivity index (χ0n) is 15.5. The first-order valence-corrected chi connectivity index (χ1v) is 10.3. The van der Waals surface area contributed by atoms with Crippen molar-refractivity contribution < 1.29 is 24.2 Å². The summed E-state index contributed by atoms with van der Waals surface area (Å²) in [4.78, 5) is 38.1. The molecule has 2 aliphatic carbocycles. The molecule has 0 unspecified atom stereocenters. The second-order valence-electron chi connectivity index (χ2n) is 7.03. The summed E-state index contributed by atoms with van der Waals surface area (Å²) in [5.74, 6) is -3.07. The van der Waals surface area contributed by atoms with Gasteiger partial charge < -0.3 is 15.2 Å². The topological polar surface area (TPSA) is 92.7 Å². The fourth-order valence-electron chi connectivity index (χ4n) is 3.72. The van der Waals surface area contributed by atoms with Gasteiger partial charge in [0.2, 0.25) is 5.91 Å². The minimum Gasteiger partial charge on any atom is -0.481 e. The number of fused-ring (bicyclic) bond motifs is 1. The molecule has 1 aromatic heterocycles. The first-order valence-electron chi connectivity index (χ1n) is 9.53. The number of carbonyl (C=O) groups excluding carboxylic acids is 2. The van der Waals surface area contributed by atoms with E-state index in [4.69, 9.17) is 4.74 Å². The van der Waals surface area contributed by atoms with E-state index in [-0.39, 0.29) is 5.91 Å². The normalized spacial score (nSPS) is 21.4. The Morgan fingerprint density at radius 1 is 1.19 bits per heavy atom. The van der Waals surface area contributed by atoms with E-state index in [0.717, 1.165) is 42.5 Å². The molecule has 146 valence electrons. The van der Waals surface area contributed by atoms with Gasteiger partial charge in [0.1, 0.15) is 5.00 Å². The van der Waals surface area contributed by atoms with Gasteiger partial charge in [-0.2, -0.15) is 0 Å². The Kier molecular flexibility index (Phi) is 6.31. The Hall–Kier alpha value is -2.15. The van der Waals surface area contributed by atoms with Gasteiger partial charge in [-0.15, -0.1) is 11.3 Å². The third-order valence-corrected chi connectivity index (χ3v) is 6.34. The van der Waals surface area contributed by atoms with E-state index < -0.39 is 23.8 Å². The lowest BCUT2D eigenvalue weighted by atomic mass is 9.82. The van der Waals surface area contributed by atoms with Crippen LogP contribution in [0.5, 0.6) is 0 Å². The zero-order valence-corrected chi connectivity index (χ0v) is 16.3. The second-order valence-corrected chi connectivity index (χ2v) is 8.14. The number of esters is 1. The van der Waals surface area contributed by atoms with E-state index in [1.54, 1.807) is 6.08 Å². The fourth-order valence-corrected chi connectivity index (χ4v) is 5.00. The van der Waals surface area contributed by atoms with Gasteiger partial charge >= 0.3 is 11.9 Å². The second kappa shape index (κ2) is 8.69. The number of thiophene rings is 1. The van der Waals surface area contributed by atoms with Gasteiger partial charge in [-0.25, -0.2) is 4.79 Å². The molecule has 2 aliphatic rings. The van der Waals surface area contributed by atoms with E-state index in [2.05, 4.69) is 5.32 Å². The van der Waals surface area contributed by atoms with E-state index in [0.29, 0.717) is 30.0 Å². The molecule has 0 bridgehead atoms. The lowest BCUT2D eigenvalue weighted by molar-refractivity contribution is -0.146. The number of nitrogens with one attached hydrogen (secondary N) is 1. The van der Waals surface area contributed by atoms with Crippen LogP contribution in [0.2, 0.25) is 0 Å². The molecular weight excluding hydrogens is 366 g/mol. The Labute approximate surface area is 162 Å². The molecule has 0 aliphatic heterocycles. The minimum absolute atomic E-state index is 0.338. The molecule has 2 N–H and O–H groups in total. The van der Waals surface area contributed by atoms with Crippen molar-refractivity contribution in [3.63, 3.8) is 0 Å². The van der Waals surface area contributed by atoms with Gasteiger partial charge in [0.15, 0.2) is 0 Å². The van der Waals surface area contributed by atoms with Crippen LogP contribution >= 0.6 is 11.3 Å². The van der Waals surface area contributed by atoms with Crippen molar-refractivity contribution in [3.8, 4) is 0 Å². The molecule has 1 amide bonds. The Bertz CT molecular complexity index is 767. The standard InChI is InChI=1S/C20H25NO5S/c1-2-11-26-20(25)16-14-9-5-6-10-15(14)27-18(16)21-17(22)12-7-3-4-8-13(12)19(23)24/h3-4,12-13H,2,5-11H2,1H3,(H,21,22)(H,23,24)/t12-,13-/m0/s1. The van der Waals surface area contributed by atoms with Crippen LogP contribution in [0, 0.1) is 11.8 Å². The average molecular weight is 391 g/mol. The van der Waals surface area contributed by atoms with E-state index in [1.807, 2.05) is 13.0 Å². The van der Waals surface area contributed by atoms with Crippen molar-refractivity contribution >= 4 is 34.2 Å². The number of ether oxygens (including phenoxy) is 1. The van der Waals surface area contributed by atoms with Crippen molar-refractivity contribution in [2.75, 3.05) is 11.9 Å². The van der Waals surface area contributed by atoms with Crippen molar-refractivity contribution in [3.05, 3.63) is 28.2 Å². The summed E-state index contributed by atoms with van der Waals surface area (Å²) in [7, 11) is 0. The quantitative estimate of drug-likeness (QED) is 0.568. The molecular formula is C20H25NO5S. The number of carbonyl (C=O) groups is 3. The van der Waals surface area contributed by atoms with Crippen molar-refractivity contribution in [1.82, 2.24) is 0 Å². The van der Waals surface area contributed by atoms with E-state index in [9.17, 15) is 19.5 Å². The Morgan fingerprint density at radius 3 is 2.59 bits per heavy atom. The predicted octanol–water partition coefficient (Wildman–Crippen LogP) is 3.80. The Balaban J connectivity index is 1.86. The summed E-state index contributed by atoms with van der Waals surface area (Å²) in [6.07, 6.45) is 8.91. The van der Waals surface area contributed by atoms with Gasteiger partial charge in [0.05, 0.1) is 24.0 Å². The number of carboxylic acid groups (broad SMARTS) is 1. The zero-order chi connectivity index (χ0) is 19.4. The van der Waals surface area contributed by atoms with Crippen LogP contribution in [-0.4, -0.2) is 29.6 Å². The number of anilines is 1. The number of hydrogen-bond donors (Lipinski definition) is 2. The van der Waals surface area contributed by atoms with Gasteiger partial charge in [-0.1, -0.05) is 19.1 Å². The number of allylic oxidation sites excluding steroid dienone is 2. The molecule has 0 aromatic carbocycles. The summed E-state index contributed by atoms with van der Waals surface area (Å²) in [5.41, 5.74) is 1.45. The first kappa shape index (κ1) is 19.6. The molecule has 0 fully saturated rings. The van der Waals surface area contributed by atoms with Crippen molar-refractivity contribution in [1.29, 1.82) is 0 Å². The lowest BCUT2D eigenvalue weighted by Crippen LogP contribution is -2.34. The number of carboxylic acids is 1. The third kappa shape index (κ3) is 4.24. The molecule has 7 heteroatoms. The summed E-state index contributed by atoms with van der Waals surface area (Å²) in [6.45, 7) is 2.27. The van der Waals surface area contributed by atoms with Gasteiger partial charge in [0.25, 0.3) is 0 Å². The number of rotatable bonds is 6. The van der Waals surface area contributed by atoms with Crippen LogP contribution in [0.4, 0.5) is 5.00 Å². The maximum Gasteiger partial charge on any atom is 0.341 e. The average Bonchev–Trinajstić information content (AvgIpc) is 3.03. The number of aliphatic carboxylic acids is 1. The highest BCUT2D eigenvalue weighted by Gasteiger charge is 2.35. The highest BCUT2D eigenvalue weighted by atomic mass is 32.1. The smallest absolute Gasteiger partial charge is 0.341 e. The maximum absolute atomic E-state index is 12.8. The monoisotopic (exact) mass is 391 g/mol. The van der Waals surface area contributed by atoms with Crippen molar-refractivity contribution in [2.45, 2.75) is 51.9 Å². The van der Waals surface area contributed by atoms with Gasteiger partial charge in [0, 0.05) is 4.88 Å². The lowest BCUT2D eigenvalue weighted by Gasteiger charge is -2.24. The summed E-state index contributed by atoms with van der Waals surface area (Å²) < 4.78 is 5.34. The maximum atomic E-state index is 12.8. The molecule has 6 nitrogen and oxygen atoms in total. The van der Waals surface area contributed by atoms with Crippen molar-refractivity contribution in [2.24, 2.45) is 11.8 Å². The fraction of sp³-hybridized carbons (Fsp3) is 0.550. The molecule has 3 rings (SSSR count). The number of hydrogen-bond acceptors (Lipinski definition) is 5. The number of aryl methyl sites for hydroxylation is 1. The highest BCUT2D eigenvalue weighted by molar-refractivity contribution is 7.17. The molecule has 2 atom stereocenters. The van der Waals surface area contributed by atoms with Gasteiger partial charge in [-0.3, -0.25) is 9.59 Å². The predicted molar refractivity (Wildman–Crippen MR) is 103 cm³/mol. The van der Waals surface area contributed by atoms with Crippen LogP contribution in [0.1, 0.15) is 59.8 Å². The molecule has 1 heterocycles. The molecule has 0 saturated heterocycles. The van der Waals surface area contributed by atoms with Crippen LogP contribution in [-0.2, 0) is 27.2 Å². The first-order chi connectivity index (χ1) is 13.0. The minimum atomic E-state index is -0.965. The SMILES string of the molecule is CCCOC(=O)c1c(NC(=O)[C@H]2CC=CC[C@@H]2C(=O)O)sc2c1CCCC2. The summed E-state index contributed by atoms with van der Waals surface area (Å²) in [6, 6.07) is 0. The molecule has 1 aromatic rings. The molecule has 0 spiro atoms. The van der Waals surface area contributed by atoms with Crippen LogP contribution in [0.15, 0.2) is 12.2 Å². The van der Waals surface area contributed by atoms with Crippen LogP contribution < -0.4 is 5.32 Å². The summed E-state index contributed by atoms with van der Waals surface area (Å²) >= 11 is 1.43. The van der Waals surface area contributed by atoms with Gasteiger partial charge in [-0.05, 0) is 50.5 Å². The van der Waals surface area contributed by atoms with Crippen LogP contribution in [0.3, 0.4) is 0 Å².